The number of likely N-dealkylation sites (tertiary alicyclic amines) is 1. The number of hydrogen-bond acceptors (Lipinski definition) is 7. The van der Waals surface area contributed by atoms with Crippen molar-refractivity contribution in [2.75, 3.05) is 6.54 Å². The zero-order chi connectivity index (χ0) is 21.5. The molecule has 1 aliphatic heterocycles. The summed E-state index contributed by atoms with van der Waals surface area (Å²) in [6.07, 6.45) is 3.50. The summed E-state index contributed by atoms with van der Waals surface area (Å²) in [6.45, 7) is 0.435. The van der Waals surface area contributed by atoms with Gasteiger partial charge in [-0.15, -0.1) is 11.3 Å². The van der Waals surface area contributed by atoms with E-state index in [-0.39, 0.29) is 28.2 Å². The number of fused-ring (bicyclic) bond motifs is 1. The molecule has 1 aromatic carbocycles. The molecule has 1 aliphatic rings. The molecule has 5 N–H and O–H groups in total. The van der Waals surface area contributed by atoms with Gasteiger partial charge in [-0.1, -0.05) is 0 Å². The Morgan fingerprint density at radius 2 is 2.17 bits per heavy atom. The molecule has 9 nitrogen and oxygen atoms in total. The smallest absolute Gasteiger partial charge is 0.250 e. The van der Waals surface area contributed by atoms with Crippen molar-refractivity contribution in [2.24, 2.45) is 5.73 Å². The molecule has 11 heteroatoms. The summed E-state index contributed by atoms with van der Waals surface area (Å²) in [5.74, 6) is -0.530. The second-order valence-electron chi connectivity index (χ2n) is 6.96. The Balaban J connectivity index is 1.49. The second-order valence-corrected chi connectivity index (χ2v) is 9.98. The van der Waals surface area contributed by atoms with Crippen LogP contribution in [0.3, 0.4) is 0 Å². The molecule has 1 atom stereocenters. The lowest BCUT2D eigenvalue weighted by atomic mass is 10.1. The first kappa shape index (κ1) is 20.3. The highest BCUT2D eigenvalue weighted by Gasteiger charge is 2.35. The highest BCUT2D eigenvalue weighted by Crippen LogP contribution is 2.29. The quantitative estimate of drug-likeness (QED) is 0.332. The Morgan fingerprint density at radius 1 is 1.37 bits per heavy atom. The third-order valence-electron chi connectivity index (χ3n) is 4.91. The van der Waals surface area contributed by atoms with Crippen LogP contribution in [0.5, 0.6) is 5.75 Å². The summed E-state index contributed by atoms with van der Waals surface area (Å²) in [6, 6.07) is 6.89. The number of phenols is 1. The molecule has 1 saturated heterocycles. The molecular weight excluding hydrogens is 426 g/mol. The predicted octanol–water partition coefficient (Wildman–Crippen LogP) is 1.37. The van der Waals surface area contributed by atoms with Crippen molar-refractivity contribution in [2.45, 2.75) is 23.2 Å². The number of carbonyl (C=O) groups excluding carboxylic acids is 1. The molecule has 0 spiro atoms. The Labute approximate surface area is 176 Å². The van der Waals surface area contributed by atoms with Crippen molar-refractivity contribution in [3.05, 3.63) is 53.9 Å². The normalized spacial score (nSPS) is 17.0. The lowest BCUT2D eigenvalue weighted by Gasteiger charge is -2.18. The summed E-state index contributed by atoms with van der Waals surface area (Å²) < 4.78 is 29.0. The van der Waals surface area contributed by atoms with Gasteiger partial charge < -0.3 is 15.7 Å². The standard InChI is InChI=1S/C19H19N5O4S2/c20-18(21)11-1-2-15(25)13(7-11)10-24-6-4-14(19(24)26)23-30(27,28)17-8-12-9-22-5-3-16(12)29-17/h1-3,5,7-9,14,23,25H,4,6,10H2,(H3,20,21). The van der Waals surface area contributed by atoms with Crippen LogP contribution in [-0.4, -0.2) is 47.7 Å². The predicted molar refractivity (Wildman–Crippen MR) is 113 cm³/mol. The van der Waals surface area contributed by atoms with Gasteiger partial charge in [0.25, 0.3) is 10.0 Å². The number of hydrogen-bond donors (Lipinski definition) is 4. The average molecular weight is 446 g/mol. The van der Waals surface area contributed by atoms with Crippen LogP contribution in [0.25, 0.3) is 10.1 Å². The van der Waals surface area contributed by atoms with E-state index in [0.717, 1.165) is 21.4 Å². The lowest BCUT2D eigenvalue weighted by molar-refractivity contribution is -0.129. The zero-order valence-electron chi connectivity index (χ0n) is 15.7. The van der Waals surface area contributed by atoms with E-state index in [1.165, 1.54) is 23.1 Å². The number of sulfonamides is 1. The first-order valence-electron chi connectivity index (χ1n) is 9.05. The lowest BCUT2D eigenvalue weighted by Crippen LogP contribution is -2.41. The van der Waals surface area contributed by atoms with Crippen molar-refractivity contribution < 1.29 is 18.3 Å². The Bertz CT molecular complexity index is 1220. The van der Waals surface area contributed by atoms with Crippen LogP contribution in [-0.2, 0) is 21.4 Å². The molecule has 4 rings (SSSR count). The van der Waals surface area contributed by atoms with Gasteiger partial charge in [-0.05, 0) is 36.8 Å². The number of benzene rings is 1. The minimum absolute atomic E-state index is 0.0179. The van der Waals surface area contributed by atoms with Crippen molar-refractivity contribution in [1.29, 1.82) is 5.41 Å². The summed E-state index contributed by atoms with van der Waals surface area (Å²) in [7, 11) is -3.86. The molecule has 0 aliphatic carbocycles. The highest BCUT2D eigenvalue weighted by molar-refractivity contribution is 7.91. The first-order valence-corrected chi connectivity index (χ1v) is 11.4. The second kappa shape index (κ2) is 7.67. The molecule has 1 amide bonds. The number of nitrogens with zero attached hydrogens (tertiary/aromatic N) is 2. The van der Waals surface area contributed by atoms with Gasteiger partial charge >= 0.3 is 0 Å². The number of carbonyl (C=O) groups is 1. The zero-order valence-corrected chi connectivity index (χ0v) is 17.3. The molecule has 30 heavy (non-hydrogen) atoms. The number of amides is 1. The number of amidine groups is 1. The maximum absolute atomic E-state index is 12.8. The van der Waals surface area contributed by atoms with E-state index in [2.05, 4.69) is 9.71 Å². The number of thiophene rings is 1. The van der Waals surface area contributed by atoms with Gasteiger partial charge in [0.2, 0.25) is 5.91 Å². The highest BCUT2D eigenvalue weighted by atomic mass is 32.2. The first-order chi connectivity index (χ1) is 14.2. The third kappa shape index (κ3) is 3.86. The van der Waals surface area contributed by atoms with E-state index < -0.39 is 16.1 Å². The number of nitrogens with two attached hydrogens (primary N) is 1. The molecular formula is C19H19N5O4S2. The maximum atomic E-state index is 12.8. The number of nitrogen functional groups attached to an aromatic ring is 1. The number of nitrogens with one attached hydrogen (secondary N) is 2. The molecule has 3 heterocycles. The molecule has 0 radical (unpaired) electrons. The van der Waals surface area contributed by atoms with E-state index >= 15 is 0 Å². The van der Waals surface area contributed by atoms with E-state index in [0.29, 0.717) is 24.1 Å². The average Bonchev–Trinajstić information content (AvgIpc) is 3.28. The maximum Gasteiger partial charge on any atom is 0.250 e. The van der Waals surface area contributed by atoms with Crippen molar-refractivity contribution >= 4 is 43.2 Å². The molecule has 1 unspecified atom stereocenters. The van der Waals surface area contributed by atoms with Crippen LogP contribution in [0.4, 0.5) is 0 Å². The fraction of sp³-hybridized carbons (Fsp3) is 0.211. The summed E-state index contributed by atoms with van der Waals surface area (Å²) in [5.41, 5.74) is 6.36. The number of phenolic OH excluding ortho intramolecular Hbond substituents is 1. The van der Waals surface area contributed by atoms with Crippen LogP contribution in [0.2, 0.25) is 0 Å². The fourth-order valence-electron chi connectivity index (χ4n) is 3.33. The van der Waals surface area contributed by atoms with E-state index in [4.69, 9.17) is 11.1 Å². The fourth-order valence-corrected chi connectivity index (χ4v) is 5.93. The Hall–Kier alpha value is -3.02. The molecule has 156 valence electrons. The van der Waals surface area contributed by atoms with Crippen LogP contribution >= 0.6 is 11.3 Å². The van der Waals surface area contributed by atoms with Gasteiger partial charge in [0, 0.05) is 46.7 Å². The minimum Gasteiger partial charge on any atom is -0.508 e. The summed E-state index contributed by atoms with van der Waals surface area (Å²) in [5, 5.41) is 18.3. The summed E-state index contributed by atoms with van der Waals surface area (Å²) in [4.78, 5) is 18.2. The van der Waals surface area contributed by atoms with Crippen molar-refractivity contribution in [3.8, 4) is 5.75 Å². The SMILES string of the molecule is N=C(N)c1ccc(O)c(CN2CCC(NS(=O)(=O)c3cc4cnccc4s3)C2=O)c1. The van der Waals surface area contributed by atoms with Gasteiger partial charge in [-0.2, -0.15) is 4.72 Å². The summed E-state index contributed by atoms with van der Waals surface area (Å²) >= 11 is 1.12. The van der Waals surface area contributed by atoms with Crippen LogP contribution < -0.4 is 10.5 Å². The third-order valence-corrected chi connectivity index (χ3v) is 7.97. The number of pyridine rings is 1. The monoisotopic (exact) mass is 445 g/mol. The van der Waals surface area contributed by atoms with Crippen LogP contribution in [0.15, 0.2) is 46.9 Å². The largest absolute Gasteiger partial charge is 0.508 e. The van der Waals surface area contributed by atoms with Crippen LogP contribution in [0, 0.1) is 5.41 Å². The number of aromatic nitrogens is 1. The van der Waals surface area contributed by atoms with Crippen molar-refractivity contribution in [3.63, 3.8) is 0 Å². The molecule has 0 saturated carbocycles. The Kier molecular flexibility index (Phi) is 5.18. The van der Waals surface area contributed by atoms with Gasteiger partial charge in [0.1, 0.15) is 21.8 Å². The van der Waals surface area contributed by atoms with Gasteiger partial charge in [0.15, 0.2) is 0 Å². The van der Waals surface area contributed by atoms with E-state index in [9.17, 15) is 18.3 Å². The minimum atomic E-state index is -3.86. The Morgan fingerprint density at radius 3 is 2.90 bits per heavy atom. The molecule has 0 bridgehead atoms. The van der Waals surface area contributed by atoms with Gasteiger partial charge in [0.05, 0.1) is 0 Å². The number of aromatic hydroxyl groups is 1. The van der Waals surface area contributed by atoms with Gasteiger partial charge in [-0.25, -0.2) is 8.42 Å². The van der Waals surface area contributed by atoms with Crippen molar-refractivity contribution in [1.82, 2.24) is 14.6 Å². The number of rotatable bonds is 6. The van der Waals surface area contributed by atoms with Crippen LogP contribution in [0.1, 0.15) is 17.5 Å². The van der Waals surface area contributed by atoms with Gasteiger partial charge in [-0.3, -0.25) is 15.2 Å². The molecule has 3 aromatic rings. The van der Waals surface area contributed by atoms with E-state index in [1.54, 1.807) is 24.5 Å². The topological polar surface area (TPSA) is 149 Å². The molecule has 1 fully saturated rings. The molecule has 2 aromatic heterocycles. The van der Waals surface area contributed by atoms with E-state index in [1.807, 2.05) is 0 Å².